The second-order valence-electron chi connectivity index (χ2n) is 7.83. The fraction of sp³-hybridized carbons (Fsp3) is 0.154. The molecule has 2 amide bonds. The smallest absolute Gasteiger partial charge is 0.255 e. The summed E-state index contributed by atoms with van der Waals surface area (Å²) in [6.07, 6.45) is 0.143. The van der Waals surface area contributed by atoms with Crippen molar-refractivity contribution >= 4 is 28.4 Å². The molecule has 32 heavy (non-hydrogen) atoms. The Morgan fingerprint density at radius 3 is 2.56 bits per heavy atom. The van der Waals surface area contributed by atoms with Crippen molar-refractivity contribution in [3.8, 4) is 0 Å². The van der Waals surface area contributed by atoms with Gasteiger partial charge in [-0.3, -0.25) is 9.59 Å². The molecule has 4 rings (SSSR count). The number of fused-ring (bicyclic) bond motifs is 1. The first-order chi connectivity index (χ1) is 15.4. The lowest BCUT2D eigenvalue weighted by molar-refractivity contribution is -0.121. The van der Waals surface area contributed by atoms with Crippen LogP contribution in [0.2, 0.25) is 0 Å². The number of aryl methyl sites for hydroxylation is 1. The number of hydrogen-bond acceptors (Lipinski definition) is 2. The molecular weight excluding hydrogens is 405 g/mol. The Morgan fingerprint density at radius 1 is 1.00 bits per heavy atom. The molecule has 0 aliphatic carbocycles. The van der Waals surface area contributed by atoms with Gasteiger partial charge in [0.1, 0.15) is 5.82 Å². The predicted molar refractivity (Wildman–Crippen MR) is 124 cm³/mol. The first-order valence-corrected chi connectivity index (χ1v) is 10.4. The van der Waals surface area contributed by atoms with E-state index in [4.69, 9.17) is 0 Å². The van der Waals surface area contributed by atoms with E-state index >= 15 is 0 Å². The Morgan fingerprint density at radius 2 is 1.78 bits per heavy atom. The van der Waals surface area contributed by atoms with E-state index in [9.17, 15) is 14.0 Å². The number of amides is 2. The summed E-state index contributed by atoms with van der Waals surface area (Å²) >= 11 is 0. The lowest BCUT2D eigenvalue weighted by atomic mass is 10.0. The van der Waals surface area contributed by atoms with Crippen LogP contribution in [-0.4, -0.2) is 16.8 Å². The number of aromatic nitrogens is 1. The van der Waals surface area contributed by atoms with Gasteiger partial charge in [0.2, 0.25) is 5.91 Å². The van der Waals surface area contributed by atoms with Gasteiger partial charge >= 0.3 is 0 Å². The van der Waals surface area contributed by atoms with Crippen LogP contribution in [0.1, 0.15) is 40.1 Å². The van der Waals surface area contributed by atoms with Crippen molar-refractivity contribution in [1.29, 1.82) is 0 Å². The zero-order chi connectivity index (χ0) is 22.7. The normalized spacial score (nSPS) is 11.8. The summed E-state index contributed by atoms with van der Waals surface area (Å²) in [5.41, 5.74) is 4.53. The molecule has 0 fully saturated rings. The molecule has 0 unspecified atom stereocenters. The SMILES string of the molecule is Cc1[nH]c2ccc(F)cc2c1CC(=O)N[C@H](C)c1cccc(NC(=O)c2ccccc2)c1. The van der Waals surface area contributed by atoms with Gasteiger partial charge in [0.15, 0.2) is 0 Å². The highest BCUT2D eigenvalue weighted by Gasteiger charge is 2.16. The van der Waals surface area contributed by atoms with Crippen LogP contribution in [0.25, 0.3) is 10.9 Å². The highest BCUT2D eigenvalue weighted by Crippen LogP contribution is 2.24. The van der Waals surface area contributed by atoms with Crippen molar-refractivity contribution in [2.75, 3.05) is 5.32 Å². The third kappa shape index (κ3) is 4.70. The number of carbonyl (C=O) groups is 2. The molecule has 1 heterocycles. The Kier molecular flexibility index (Phi) is 6.03. The van der Waals surface area contributed by atoms with Crippen molar-refractivity contribution in [3.05, 3.63) is 101 Å². The number of carbonyl (C=O) groups excluding carboxylic acids is 2. The Hall–Kier alpha value is -3.93. The minimum Gasteiger partial charge on any atom is -0.358 e. The molecule has 0 saturated carbocycles. The summed E-state index contributed by atoms with van der Waals surface area (Å²) in [6, 6.07) is 20.6. The number of nitrogens with one attached hydrogen (secondary N) is 3. The average molecular weight is 429 g/mol. The van der Waals surface area contributed by atoms with Gasteiger partial charge in [-0.25, -0.2) is 4.39 Å². The molecule has 5 nitrogen and oxygen atoms in total. The van der Waals surface area contributed by atoms with Crippen LogP contribution >= 0.6 is 0 Å². The quantitative estimate of drug-likeness (QED) is 0.390. The van der Waals surface area contributed by atoms with Gasteiger partial charge in [-0.2, -0.15) is 0 Å². The van der Waals surface area contributed by atoms with E-state index < -0.39 is 0 Å². The van der Waals surface area contributed by atoms with Gasteiger partial charge in [-0.05, 0) is 67.4 Å². The molecule has 162 valence electrons. The molecule has 3 N–H and O–H groups in total. The lowest BCUT2D eigenvalue weighted by Gasteiger charge is -2.16. The van der Waals surface area contributed by atoms with Gasteiger partial charge in [0.05, 0.1) is 12.5 Å². The minimum atomic E-state index is -0.333. The van der Waals surface area contributed by atoms with E-state index in [1.165, 1.54) is 12.1 Å². The maximum absolute atomic E-state index is 13.7. The Bertz CT molecular complexity index is 1280. The van der Waals surface area contributed by atoms with Crippen LogP contribution in [-0.2, 0) is 11.2 Å². The Balaban J connectivity index is 1.44. The van der Waals surface area contributed by atoms with Gasteiger partial charge in [-0.1, -0.05) is 30.3 Å². The van der Waals surface area contributed by atoms with E-state index in [2.05, 4.69) is 15.6 Å². The van der Waals surface area contributed by atoms with Crippen LogP contribution in [0.15, 0.2) is 72.8 Å². The minimum absolute atomic E-state index is 0.143. The summed E-state index contributed by atoms with van der Waals surface area (Å²) < 4.78 is 13.7. The number of H-pyrrole nitrogens is 1. The van der Waals surface area contributed by atoms with Gasteiger partial charge in [0.25, 0.3) is 5.91 Å². The summed E-state index contributed by atoms with van der Waals surface area (Å²) in [4.78, 5) is 28.3. The number of aromatic amines is 1. The first kappa shape index (κ1) is 21.3. The summed E-state index contributed by atoms with van der Waals surface area (Å²) in [5.74, 6) is -0.688. The second-order valence-corrected chi connectivity index (χ2v) is 7.83. The van der Waals surface area contributed by atoms with Crippen LogP contribution in [0, 0.1) is 12.7 Å². The molecular formula is C26H24FN3O2. The zero-order valence-electron chi connectivity index (χ0n) is 17.9. The van der Waals surface area contributed by atoms with Crippen LogP contribution < -0.4 is 10.6 Å². The molecule has 4 aromatic rings. The van der Waals surface area contributed by atoms with Gasteiger partial charge in [0, 0.05) is 27.8 Å². The topological polar surface area (TPSA) is 74.0 Å². The Labute approximate surface area is 185 Å². The van der Waals surface area contributed by atoms with Crippen molar-refractivity contribution in [2.45, 2.75) is 26.3 Å². The summed E-state index contributed by atoms with van der Waals surface area (Å²) in [5, 5.41) is 6.60. The highest BCUT2D eigenvalue weighted by molar-refractivity contribution is 6.04. The molecule has 0 saturated heterocycles. The van der Waals surface area contributed by atoms with Crippen LogP contribution in [0.4, 0.5) is 10.1 Å². The molecule has 0 aliphatic heterocycles. The fourth-order valence-electron chi connectivity index (χ4n) is 3.80. The zero-order valence-corrected chi connectivity index (χ0v) is 17.9. The third-order valence-corrected chi connectivity index (χ3v) is 5.48. The number of hydrogen-bond donors (Lipinski definition) is 3. The maximum Gasteiger partial charge on any atom is 0.255 e. The largest absolute Gasteiger partial charge is 0.358 e. The summed E-state index contributed by atoms with van der Waals surface area (Å²) in [7, 11) is 0. The first-order valence-electron chi connectivity index (χ1n) is 10.4. The van der Waals surface area contributed by atoms with E-state index in [0.717, 1.165) is 27.7 Å². The number of halogens is 1. The van der Waals surface area contributed by atoms with Gasteiger partial charge < -0.3 is 15.6 Å². The third-order valence-electron chi connectivity index (χ3n) is 5.48. The molecule has 0 bridgehead atoms. The number of benzene rings is 3. The number of rotatable bonds is 6. The summed E-state index contributed by atoms with van der Waals surface area (Å²) in [6.45, 7) is 3.76. The van der Waals surface area contributed by atoms with Gasteiger partial charge in [-0.15, -0.1) is 0 Å². The van der Waals surface area contributed by atoms with Crippen molar-refractivity contribution < 1.29 is 14.0 Å². The van der Waals surface area contributed by atoms with E-state index in [0.29, 0.717) is 11.3 Å². The molecule has 1 aromatic heterocycles. The van der Waals surface area contributed by atoms with E-state index in [1.807, 2.05) is 56.3 Å². The highest BCUT2D eigenvalue weighted by atomic mass is 19.1. The van der Waals surface area contributed by atoms with E-state index in [1.54, 1.807) is 18.2 Å². The molecule has 0 radical (unpaired) electrons. The predicted octanol–water partition coefficient (Wildman–Crippen LogP) is 5.29. The molecule has 0 spiro atoms. The van der Waals surface area contributed by atoms with E-state index in [-0.39, 0.29) is 30.1 Å². The van der Waals surface area contributed by atoms with Crippen molar-refractivity contribution in [1.82, 2.24) is 10.3 Å². The molecule has 6 heteroatoms. The second kappa shape index (κ2) is 9.06. The fourth-order valence-corrected chi connectivity index (χ4v) is 3.80. The van der Waals surface area contributed by atoms with Crippen molar-refractivity contribution in [2.24, 2.45) is 0 Å². The molecule has 1 atom stereocenters. The van der Waals surface area contributed by atoms with Crippen LogP contribution in [0.5, 0.6) is 0 Å². The molecule has 0 aliphatic rings. The number of anilines is 1. The average Bonchev–Trinajstić information content (AvgIpc) is 3.08. The molecule has 3 aromatic carbocycles. The van der Waals surface area contributed by atoms with Crippen LogP contribution in [0.3, 0.4) is 0 Å². The maximum atomic E-state index is 13.7. The lowest BCUT2D eigenvalue weighted by Crippen LogP contribution is -2.28. The standard InChI is InChI=1S/C26H24FN3O2/c1-16(19-9-6-10-21(13-19)30-26(32)18-7-4-3-5-8-18)29-25(31)15-22-17(2)28-24-12-11-20(27)14-23(22)24/h3-14,16,28H,15H2,1-2H3,(H,29,31)(H,30,32)/t16-/m1/s1. The van der Waals surface area contributed by atoms with Crippen molar-refractivity contribution in [3.63, 3.8) is 0 Å². The monoisotopic (exact) mass is 429 g/mol.